The van der Waals surface area contributed by atoms with Gasteiger partial charge in [-0.25, -0.2) is 4.79 Å². The number of nitrogens with two attached hydrogens (primary N) is 1. The highest BCUT2D eigenvalue weighted by Gasteiger charge is 2.02. The number of nitrogens with one attached hydrogen (secondary N) is 2. The molecule has 1 aromatic rings. The third-order valence-electron chi connectivity index (χ3n) is 1.84. The van der Waals surface area contributed by atoms with Gasteiger partial charge >= 0.3 is 6.03 Å². The van der Waals surface area contributed by atoms with E-state index in [2.05, 4.69) is 10.6 Å². The summed E-state index contributed by atoms with van der Waals surface area (Å²) in [5.41, 5.74) is 8.02. The highest BCUT2D eigenvalue weighted by atomic mass is 16.2. The van der Waals surface area contributed by atoms with Crippen molar-refractivity contribution in [3.05, 3.63) is 23.8 Å². The molecule has 0 aromatic heterocycles. The molecule has 2 amide bonds. The van der Waals surface area contributed by atoms with Crippen molar-refractivity contribution in [3.63, 3.8) is 0 Å². The Kier molecular flexibility index (Phi) is 3.34. The van der Waals surface area contributed by atoms with Crippen LogP contribution in [0.1, 0.15) is 12.5 Å². The molecule has 1 aromatic carbocycles. The Morgan fingerprint density at radius 1 is 1.50 bits per heavy atom. The molecule has 4 heteroatoms. The molecular weight excluding hydrogens is 178 g/mol. The molecule has 0 saturated heterocycles. The van der Waals surface area contributed by atoms with Crippen molar-refractivity contribution in [2.24, 2.45) is 0 Å². The minimum absolute atomic E-state index is 0.194. The van der Waals surface area contributed by atoms with E-state index in [1.54, 1.807) is 12.1 Å². The van der Waals surface area contributed by atoms with Crippen LogP contribution in [-0.2, 0) is 0 Å². The van der Waals surface area contributed by atoms with Crippen molar-refractivity contribution in [3.8, 4) is 0 Å². The molecule has 0 unspecified atom stereocenters. The predicted molar refractivity (Wildman–Crippen MR) is 58.3 cm³/mol. The number of urea groups is 1. The summed E-state index contributed by atoms with van der Waals surface area (Å²) >= 11 is 0. The SMILES string of the molecule is CCNC(=O)Nc1ccc(N)cc1C. The summed E-state index contributed by atoms with van der Waals surface area (Å²) in [6, 6.07) is 5.18. The Balaban J connectivity index is 2.72. The zero-order chi connectivity index (χ0) is 10.6. The van der Waals surface area contributed by atoms with Crippen LogP contribution in [0, 0.1) is 6.92 Å². The number of rotatable bonds is 2. The maximum absolute atomic E-state index is 11.2. The number of anilines is 2. The van der Waals surface area contributed by atoms with Gasteiger partial charge in [0.25, 0.3) is 0 Å². The fraction of sp³-hybridized carbons (Fsp3) is 0.300. The highest BCUT2D eigenvalue weighted by Crippen LogP contribution is 2.17. The van der Waals surface area contributed by atoms with Crippen molar-refractivity contribution >= 4 is 17.4 Å². The topological polar surface area (TPSA) is 67.2 Å². The summed E-state index contributed by atoms with van der Waals surface area (Å²) < 4.78 is 0. The highest BCUT2D eigenvalue weighted by molar-refractivity contribution is 5.90. The van der Waals surface area contributed by atoms with Crippen LogP contribution in [0.2, 0.25) is 0 Å². The average molecular weight is 193 g/mol. The smallest absolute Gasteiger partial charge is 0.319 e. The molecule has 4 N–H and O–H groups in total. The Hall–Kier alpha value is -1.71. The molecule has 0 bridgehead atoms. The zero-order valence-corrected chi connectivity index (χ0v) is 8.42. The van der Waals surface area contributed by atoms with Crippen molar-refractivity contribution in [1.82, 2.24) is 5.32 Å². The van der Waals surface area contributed by atoms with Crippen LogP contribution >= 0.6 is 0 Å². The molecule has 0 heterocycles. The van der Waals surface area contributed by atoms with Crippen molar-refractivity contribution in [1.29, 1.82) is 0 Å². The molecule has 0 atom stereocenters. The Morgan fingerprint density at radius 2 is 2.21 bits per heavy atom. The largest absolute Gasteiger partial charge is 0.399 e. The average Bonchev–Trinajstić information content (AvgIpc) is 2.10. The number of hydrogen-bond donors (Lipinski definition) is 3. The second-order valence-electron chi connectivity index (χ2n) is 3.06. The van der Waals surface area contributed by atoms with Crippen LogP contribution < -0.4 is 16.4 Å². The number of amides is 2. The van der Waals surface area contributed by atoms with Crippen molar-refractivity contribution in [2.75, 3.05) is 17.6 Å². The monoisotopic (exact) mass is 193 g/mol. The summed E-state index contributed by atoms with van der Waals surface area (Å²) in [5, 5.41) is 5.39. The Labute approximate surface area is 83.5 Å². The summed E-state index contributed by atoms with van der Waals surface area (Å²) in [5.74, 6) is 0. The zero-order valence-electron chi connectivity index (χ0n) is 8.42. The van der Waals surface area contributed by atoms with Crippen molar-refractivity contribution in [2.45, 2.75) is 13.8 Å². The second kappa shape index (κ2) is 4.50. The molecular formula is C10H15N3O. The van der Waals surface area contributed by atoms with Gasteiger partial charge in [0.15, 0.2) is 0 Å². The first-order valence-electron chi connectivity index (χ1n) is 4.54. The van der Waals surface area contributed by atoms with E-state index < -0.39 is 0 Å². The van der Waals surface area contributed by atoms with Crippen LogP contribution in [0.25, 0.3) is 0 Å². The van der Waals surface area contributed by atoms with Crippen LogP contribution in [0.4, 0.5) is 16.2 Å². The second-order valence-corrected chi connectivity index (χ2v) is 3.06. The quantitative estimate of drug-likeness (QED) is 0.626. The Bertz CT molecular complexity index is 336. The number of benzene rings is 1. The van der Waals surface area contributed by atoms with Gasteiger partial charge in [0, 0.05) is 17.9 Å². The van der Waals surface area contributed by atoms with E-state index in [9.17, 15) is 4.79 Å². The molecule has 0 saturated carbocycles. The lowest BCUT2D eigenvalue weighted by Gasteiger charge is -2.08. The normalized spacial score (nSPS) is 9.57. The van der Waals surface area contributed by atoms with Gasteiger partial charge < -0.3 is 16.4 Å². The number of carbonyl (C=O) groups is 1. The lowest BCUT2D eigenvalue weighted by molar-refractivity contribution is 0.252. The first kappa shape index (κ1) is 10.4. The summed E-state index contributed by atoms with van der Waals surface area (Å²) in [7, 11) is 0. The van der Waals surface area contributed by atoms with E-state index in [-0.39, 0.29) is 6.03 Å². The Morgan fingerprint density at radius 3 is 2.79 bits per heavy atom. The van der Waals surface area contributed by atoms with E-state index in [1.807, 2.05) is 19.9 Å². The van der Waals surface area contributed by atoms with Gasteiger partial charge in [-0.2, -0.15) is 0 Å². The van der Waals surface area contributed by atoms with E-state index in [4.69, 9.17) is 5.73 Å². The van der Waals surface area contributed by atoms with Gasteiger partial charge in [0.1, 0.15) is 0 Å². The van der Waals surface area contributed by atoms with Gasteiger partial charge in [0.05, 0.1) is 0 Å². The minimum atomic E-state index is -0.194. The fourth-order valence-corrected chi connectivity index (χ4v) is 1.15. The van der Waals surface area contributed by atoms with E-state index in [1.165, 1.54) is 0 Å². The summed E-state index contributed by atoms with van der Waals surface area (Å²) in [6.45, 7) is 4.38. The first-order chi connectivity index (χ1) is 6.63. The maximum atomic E-state index is 11.2. The van der Waals surface area contributed by atoms with E-state index in [0.717, 1.165) is 11.3 Å². The molecule has 0 aliphatic rings. The van der Waals surface area contributed by atoms with Gasteiger partial charge in [0.2, 0.25) is 0 Å². The van der Waals surface area contributed by atoms with Crippen LogP contribution in [0.15, 0.2) is 18.2 Å². The molecule has 76 valence electrons. The standard InChI is InChI=1S/C10H15N3O/c1-3-12-10(14)13-9-5-4-8(11)6-7(9)2/h4-6H,3,11H2,1-2H3,(H2,12,13,14). The van der Waals surface area contributed by atoms with Gasteiger partial charge in [-0.3, -0.25) is 0 Å². The first-order valence-corrected chi connectivity index (χ1v) is 4.54. The van der Waals surface area contributed by atoms with E-state index in [0.29, 0.717) is 12.2 Å². The minimum Gasteiger partial charge on any atom is -0.399 e. The molecule has 0 aliphatic carbocycles. The third kappa shape index (κ3) is 2.65. The van der Waals surface area contributed by atoms with Crippen molar-refractivity contribution < 1.29 is 4.79 Å². The molecule has 0 aliphatic heterocycles. The maximum Gasteiger partial charge on any atom is 0.319 e. The predicted octanol–water partition coefficient (Wildman–Crippen LogP) is 1.72. The van der Waals surface area contributed by atoms with Gasteiger partial charge in [-0.1, -0.05) is 0 Å². The lowest BCUT2D eigenvalue weighted by atomic mass is 10.2. The number of aryl methyl sites for hydroxylation is 1. The van der Waals surface area contributed by atoms with Gasteiger partial charge in [-0.05, 0) is 37.6 Å². The molecule has 0 radical (unpaired) electrons. The molecule has 4 nitrogen and oxygen atoms in total. The molecule has 0 spiro atoms. The number of hydrogen-bond acceptors (Lipinski definition) is 2. The summed E-state index contributed by atoms with van der Waals surface area (Å²) in [4.78, 5) is 11.2. The van der Waals surface area contributed by atoms with Crippen LogP contribution in [0.3, 0.4) is 0 Å². The summed E-state index contributed by atoms with van der Waals surface area (Å²) in [6.07, 6.45) is 0. The van der Waals surface area contributed by atoms with Crippen LogP contribution in [-0.4, -0.2) is 12.6 Å². The molecule has 14 heavy (non-hydrogen) atoms. The van der Waals surface area contributed by atoms with E-state index >= 15 is 0 Å². The number of carbonyl (C=O) groups excluding carboxylic acids is 1. The third-order valence-corrected chi connectivity index (χ3v) is 1.84. The van der Waals surface area contributed by atoms with Gasteiger partial charge in [-0.15, -0.1) is 0 Å². The molecule has 1 rings (SSSR count). The fourth-order valence-electron chi connectivity index (χ4n) is 1.15. The van der Waals surface area contributed by atoms with Crippen LogP contribution in [0.5, 0.6) is 0 Å². The lowest BCUT2D eigenvalue weighted by Crippen LogP contribution is -2.28. The number of nitrogen functional groups attached to an aromatic ring is 1. The molecule has 0 fully saturated rings.